The van der Waals surface area contributed by atoms with Crippen LogP contribution >= 0.6 is 0 Å². The Morgan fingerprint density at radius 3 is 2.47 bits per heavy atom. The lowest BCUT2D eigenvalue weighted by Gasteiger charge is -2.45. The van der Waals surface area contributed by atoms with Gasteiger partial charge in [-0.1, -0.05) is 12.2 Å². The van der Waals surface area contributed by atoms with Crippen molar-refractivity contribution < 1.29 is 9.84 Å². The first-order valence-electron chi connectivity index (χ1n) is 5.61. The fourth-order valence-corrected chi connectivity index (χ4v) is 3.42. The van der Waals surface area contributed by atoms with Crippen LogP contribution in [0.2, 0.25) is 0 Å². The molecule has 86 valence electrons. The molecule has 3 heteroatoms. The maximum Gasteiger partial charge on any atom is 0.0540 e. The fraction of sp³-hybridized carbons (Fsp3) is 0.833. The molecule has 2 aliphatic rings. The third kappa shape index (κ3) is 1.53. The SMILES string of the molecule is COCC12CC=CCC1(CO)CN(C)C2. The Balaban J connectivity index is 2.32. The number of hydrogen-bond donors (Lipinski definition) is 1. The lowest BCUT2D eigenvalue weighted by Crippen LogP contribution is -2.47. The van der Waals surface area contributed by atoms with Crippen LogP contribution in [0.1, 0.15) is 12.8 Å². The number of nitrogens with zero attached hydrogens (tertiary/aromatic N) is 1. The van der Waals surface area contributed by atoms with E-state index < -0.39 is 0 Å². The maximum absolute atomic E-state index is 9.75. The first-order valence-corrected chi connectivity index (χ1v) is 5.61. The Kier molecular flexibility index (Phi) is 2.88. The van der Waals surface area contributed by atoms with Crippen LogP contribution in [0.4, 0.5) is 0 Å². The lowest BCUT2D eigenvalue weighted by molar-refractivity contribution is -0.0321. The Morgan fingerprint density at radius 2 is 1.87 bits per heavy atom. The van der Waals surface area contributed by atoms with E-state index in [9.17, 15) is 5.11 Å². The van der Waals surface area contributed by atoms with Gasteiger partial charge in [0.1, 0.15) is 0 Å². The minimum atomic E-state index is 0.0203. The van der Waals surface area contributed by atoms with E-state index in [2.05, 4.69) is 24.1 Å². The van der Waals surface area contributed by atoms with Crippen molar-refractivity contribution in [2.45, 2.75) is 12.8 Å². The molecule has 0 aromatic rings. The molecule has 0 aromatic carbocycles. The zero-order valence-corrected chi connectivity index (χ0v) is 9.70. The van der Waals surface area contributed by atoms with E-state index in [-0.39, 0.29) is 17.4 Å². The Morgan fingerprint density at radius 1 is 1.27 bits per heavy atom. The second kappa shape index (κ2) is 3.89. The van der Waals surface area contributed by atoms with Crippen LogP contribution in [0.3, 0.4) is 0 Å². The van der Waals surface area contributed by atoms with Gasteiger partial charge in [0.15, 0.2) is 0 Å². The van der Waals surface area contributed by atoms with E-state index in [1.807, 2.05) is 0 Å². The molecule has 0 bridgehead atoms. The molecule has 1 aliphatic carbocycles. The molecule has 1 aliphatic heterocycles. The number of allylic oxidation sites excluding steroid dienone is 2. The highest BCUT2D eigenvalue weighted by Crippen LogP contribution is 2.53. The third-order valence-electron chi connectivity index (χ3n) is 4.18. The van der Waals surface area contributed by atoms with E-state index >= 15 is 0 Å². The number of ether oxygens (including phenoxy) is 1. The number of fused-ring (bicyclic) bond motifs is 1. The van der Waals surface area contributed by atoms with Gasteiger partial charge in [-0.25, -0.2) is 0 Å². The van der Waals surface area contributed by atoms with Gasteiger partial charge in [-0.15, -0.1) is 0 Å². The van der Waals surface area contributed by atoms with Crippen molar-refractivity contribution in [1.82, 2.24) is 4.90 Å². The normalized spacial score (nSPS) is 40.7. The number of rotatable bonds is 3. The smallest absolute Gasteiger partial charge is 0.0540 e. The minimum Gasteiger partial charge on any atom is -0.396 e. The topological polar surface area (TPSA) is 32.7 Å². The monoisotopic (exact) mass is 211 g/mol. The molecule has 0 radical (unpaired) electrons. The predicted molar refractivity (Wildman–Crippen MR) is 59.7 cm³/mol. The van der Waals surface area contributed by atoms with Gasteiger partial charge in [-0.05, 0) is 19.9 Å². The van der Waals surface area contributed by atoms with Gasteiger partial charge in [0.2, 0.25) is 0 Å². The molecule has 0 saturated carbocycles. The molecular formula is C12H21NO2. The van der Waals surface area contributed by atoms with Crippen LogP contribution < -0.4 is 0 Å². The number of aliphatic hydroxyl groups is 1. The summed E-state index contributed by atoms with van der Waals surface area (Å²) < 4.78 is 5.39. The zero-order valence-electron chi connectivity index (χ0n) is 9.70. The molecule has 0 spiro atoms. The summed E-state index contributed by atoms with van der Waals surface area (Å²) in [5.41, 5.74) is 0.145. The summed E-state index contributed by atoms with van der Waals surface area (Å²) in [4.78, 5) is 2.32. The Hall–Kier alpha value is -0.380. The van der Waals surface area contributed by atoms with Gasteiger partial charge in [-0.3, -0.25) is 0 Å². The van der Waals surface area contributed by atoms with Crippen molar-refractivity contribution in [3.05, 3.63) is 12.2 Å². The van der Waals surface area contributed by atoms with Crippen molar-refractivity contribution in [3.8, 4) is 0 Å². The van der Waals surface area contributed by atoms with E-state index in [0.717, 1.165) is 32.5 Å². The molecule has 15 heavy (non-hydrogen) atoms. The molecule has 1 heterocycles. The lowest BCUT2D eigenvalue weighted by atomic mass is 9.60. The van der Waals surface area contributed by atoms with Crippen molar-refractivity contribution in [1.29, 1.82) is 0 Å². The van der Waals surface area contributed by atoms with Crippen LogP contribution in [-0.2, 0) is 4.74 Å². The maximum atomic E-state index is 9.75. The van der Waals surface area contributed by atoms with E-state index in [4.69, 9.17) is 4.74 Å². The summed E-state index contributed by atoms with van der Waals surface area (Å²) in [6, 6.07) is 0. The first-order chi connectivity index (χ1) is 7.18. The van der Waals surface area contributed by atoms with Crippen LogP contribution in [0.25, 0.3) is 0 Å². The van der Waals surface area contributed by atoms with E-state index in [1.54, 1.807) is 7.11 Å². The minimum absolute atomic E-state index is 0.0203. The fourth-order valence-electron chi connectivity index (χ4n) is 3.42. The molecule has 2 unspecified atom stereocenters. The number of methoxy groups -OCH3 is 1. The second-order valence-electron chi connectivity index (χ2n) is 5.20. The number of likely N-dealkylation sites (tertiary alicyclic amines) is 1. The summed E-state index contributed by atoms with van der Waals surface area (Å²) in [6.45, 7) is 3.04. The Labute approximate surface area is 91.7 Å². The summed E-state index contributed by atoms with van der Waals surface area (Å²) in [5.74, 6) is 0. The molecule has 0 aromatic heterocycles. The standard InChI is InChI=1S/C12H21NO2/c1-13-7-11(9-14)5-3-4-6-12(11,8-13)10-15-2/h3-4,14H,5-10H2,1-2H3. The van der Waals surface area contributed by atoms with Crippen molar-refractivity contribution in [3.63, 3.8) is 0 Å². The van der Waals surface area contributed by atoms with Crippen molar-refractivity contribution >= 4 is 0 Å². The van der Waals surface area contributed by atoms with E-state index in [1.165, 1.54) is 0 Å². The highest BCUT2D eigenvalue weighted by molar-refractivity contribution is 5.15. The zero-order chi connectivity index (χ0) is 10.9. The molecule has 2 atom stereocenters. The van der Waals surface area contributed by atoms with Crippen LogP contribution in [0.5, 0.6) is 0 Å². The molecule has 1 N–H and O–H groups in total. The van der Waals surface area contributed by atoms with E-state index in [0.29, 0.717) is 0 Å². The van der Waals surface area contributed by atoms with Gasteiger partial charge in [0, 0.05) is 31.0 Å². The molecular weight excluding hydrogens is 190 g/mol. The highest BCUT2D eigenvalue weighted by atomic mass is 16.5. The highest BCUT2D eigenvalue weighted by Gasteiger charge is 2.56. The van der Waals surface area contributed by atoms with Crippen LogP contribution in [-0.4, -0.2) is 50.5 Å². The molecule has 1 saturated heterocycles. The molecule has 3 nitrogen and oxygen atoms in total. The summed E-state index contributed by atoms with van der Waals surface area (Å²) in [6.07, 6.45) is 6.47. The average molecular weight is 211 g/mol. The van der Waals surface area contributed by atoms with Gasteiger partial charge in [0.05, 0.1) is 13.2 Å². The summed E-state index contributed by atoms with van der Waals surface area (Å²) in [5, 5.41) is 9.75. The average Bonchev–Trinajstić information content (AvgIpc) is 2.51. The predicted octanol–water partition coefficient (Wildman–Crippen LogP) is 0.893. The van der Waals surface area contributed by atoms with Crippen molar-refractivity contribution in [2.75, 3.05) is 40.5 Å². The second-order valence-corrected chi connectivity index (χ2v) is 5.20. The summed E-state index contributed by atoms with van der Waals surface area (Å²) >= 11 is 0. The van der Waals surface area contributed by atoms with Gasteiger partial charge in [-0.2, -0.15) is 0 Å². The third-order valence-corrected chi connectivity index (χ3v) is 4.18. The molecule has 0 amide bonds. The molecule has 2 rings (SSSR count). The summed E-state index contributed by atoms with van der Waals surface area (Å²) in [7, 11) is 3.89. The number of aliphatic hydroxyl groups excluding tert-OH is 1. The van der Waals surface area contributed by atoms with Gasteiger partial charge >= 0.3 is 0 Å². The number of hydrogen-bond acceptors (Lipinski definition) is 3. The largest absolute Gasteiger partial charge is 0.396 e. The van der Waals surface area contributed by atoms with Crippen molar-refractivity contribution in [2.24, 2.45) is 10.8 Å². The van der Waals surface area contributed by atoms with Crippen LogP contribution in [0.15, 0.2) is 12.2 Å². The molecule has 1 fully saturated rings. The van der Waals surface area contributed by atoms with Gasteiger partial charge in [0.25, 0.3) is 0 Å². The van der Waals surface area contributed by atoms with Crippen LogP contribution in [0, 0.1) is 10.8 Å². The quantitative estimate of drug-likeness (QED) is 0.704. The first kappa shape index (κ1) is 11.1. The van der Waals surface area contributed by atoms with Gasteiger partial charge < -0.3 is 14.7 Å². The Bertz CT molecular complexity index is 266.